The van der Waals surface area contributed by atoms with Crippen LogP contribution in [-0.4, -0.2) is 23.9 Å². The van der Waals surface area contributed by atoms with Crippen LogP contribution in [-0.2, 0) is 11.3 Å². The van der Waals surface area contributed by atoms with Gasteiger partial charge in [0, 0.05) is 22.3 Å². The molecule has 3 aromatic rings. The Balaban J connectivity index is 1.43. The molecular formula is C23H23IN2O. The highest BCUT2D eigenvalue weighted by atomic mass is 127. The van der Waals surface area contributed by atoms with Crippen LogP contribution < -0.4 is 5.32 Å². The maximum absolute atomic E-state index is 12.7. The number of halogens is 1. The van der Waals surface area contributed by atoms with Crippen LogP contribution in [0.2, 0.25) is 0 Å². The van der Waals surface area contributed by atoms with E-state index >= 15 is 0 Å². The first-order chi connectivity index (χ1) is 13.2. The maximum atomic E-state index is 12.7. The van der Waals surface area contributed by atoms with E-state index in [-0.39, 0.29) is 11.8 Å². The highest BCUT2D eigenvalue weighted by molar-refractivity contribution is 14.1. The topological polar surface area (TPSA) is 32.3 Å². The largest absolute Gasteiger partial charge is 0.326 e. The molecule has 1 amide bonds. The van der Waals surface area contributed by atoms with Gasteiger partial charge in [-0.25, -0.2) is 0 Å². The number of rotatable bonds is 4. The summed E-state index contributed by atoms with van der Waals surface area (Å²) < 4.78 is 1.17. The first-order valence-corrected chi connectivity index (χ1v) is 10.5. The Hall–Kier alpha value is -1.92. The van der Waals surface area contributed by atoms with Gasteiger partial charge in [-0.3, -0.25) is 9.69 Å². The van der Waals surface area contributed by atoms with Crippen LogP contribution in [0, 0.1) is 9.49 Å². The smallest absolute Gasteiger partial charge is 0.228 e. The second-order valence-corrected chi connectivity index (χ2v) is 8.45. The molecule has 0 bridgehead atoms. The van der Waals surface area contributed by atoms with Crippen molar-refractivity contribution in [2.45, 2.75) is 19.4 Å². The molecule has 1 fully saturated rings. The zero-order valence-electron chi connectivity index (χ0n) is 15.2. The standard InChI is InChI=1S/C23H23IN2O/c24-20-10-12-21(13-11-20)25-23(27)19-8-4-14-26(16-19)15-18-7-3-6-17-5-1-2-9-22(17)18/h1-3,5-7,9-13,19H,4,8,14-16H2,(H,25,27). The predicted molar refractivity (Wildman–Crippen MR) is 120 cm³/mol. The Kier molecular flexibility index (Phi) is 5.74. The monoisotopic (exact) mass is 470 g/mol. The van der Waals surface area contributed by atoms with Gasteiger partial charge in [0.2, 0.25) is 5.91 Å². The molecule has 138 valence electrons. The van der Waals surface area contributed by atoms with Crippen LogP contribution in [0.1, 0.15) is 18.4 Å². The lowest BCUT2D eigenvalue weighted by atomic mass is 9.96. The molecule has 0 aliphatic carbocycles. The van der Waals surface area contributed by atoms with Gasteiger partial charge in [0.05, 0.1) is 5.92 Å². The lowest BCUT2D eigenvalue weighted by Crippen LogP contribution is -2.40. The molecule has 4 rings (SSSR count). The number of carbonyl (C=O) groups excluding carboxylic acids is 1. The number of piperidine rings is 1. The van der Waals surface area contributed by atoms with E-state index in [0.717, 1.165) is 38.2 Å². The van der Waals surface area contributed by atoms with Crippen LogP contribution in [0.4, 0.5) is 5.69 Å². The number of nitrogens with zero attached hydrogens (tertiary/aromatic N) is 1. The number of fused-ring (bicyclic) bond motifs is 1. The number of benzene rings is 3. The second-order valence-electron chi connectivity index (χ2n) is 7.21. The van der Waals surface area contributed by atoms with Crippen molar-refractivity contribution in [1.29, 1.82) is 0 Å². The molecule has 3 nitrogen and oxygen atoms in total. The maximum Gasteiger partial charge on any atom is 0.228 e. The summed E-state index contributed by atoms with van der Waals surface area (Å²) in [5, 5.41) is 5.67. The quantitative estimate of drug-likeness (QED) is 0.526. The number of likely N-dealkylation sites (tertiary alicyclic amines) is 1. The van der Waals surface area contributed by atoms with Crippen molar-refractivity contribution in [3.8, 4) is 0 Å². The predicted octanol–water partition coefficient (Wildman–Crippen LogP) is 5.30. The number of anilines is 1. The Morgan fingerprint density at radius 1 is 1.04 bits per heavy atom. The summed E-state index contributed by atoms with van der Waals surface area (Å²) in [7, 11) is 0. The van der Waals surface area contributed by atoms with Gasteiger partial charge in [0.1, 0.15) is 0 Å². The molecule has 1 saturated heterocycles. The number of hydrogen-bond donors (Lipinski definition) is 1. The lowest BCUT2D eigenvalue weighted by Gasteiger charge is -2.32. The summed E-state index contributed by atoms with van der Waals surface area (Å²) in [6, 6.07) is 23.0. The summed E-state index contributed by atoms with van der Waals surface area (Å²) in [6.45, 7) is 2.77. The van der Waals surface area contributed by atoms with E-state index in [1.54, 1.807) is 0 Å². The molecule has 1 aliphatic rings. The zero-order valence-corrected chi connectivity index (χ0v) is 17.4. The molecule has 4 heteroatoms. The van der Waals surface area contributed by atoms with E-state index in [2.05, 4.69) is 75.3 Å². The summed E-state index contributed by atoms with van der Waals surface area (Å²) in [5.74, 6) is 0.187. The molecule has 1 atom stereocenters. The van der Waals surface area contributed by atoms with Crippen molar-refractivity contribution in [3.63, 3.8) is 0 Å². The highest BCUT2D eigenvalue weighted by Crippen LogP contribution is 2.24. The van der Waals surface area contributed by atoms with Crippen LogP contribution in [0.3, 0.4) is 0 Å². The van der Waals surface area contributed by atoms with E-state index in [1.807, 2.05) is 24.3 Å². The fourth-order valence-corrected chi connectivity index (χ4v) is 4.22. The van der Waals surface area contributed by atoms with Crippen molar-refractivity contribution in [2.24, 2.45) is 5.92 Å². The Morgan fingerprint density at radius 2 is 1.81 bits per heavy atom. The molecule has 1 heterocycles. The number of carbonyl (C=O) groups is 1. The minimum Gasteiger partial charge on any atom is -0.326 e. The van der Waals surface area contributed by atoms with Crippen LogP contribution in [0.15, 0.2) is 66.7 Å². The van der Waals surface area contributed by atoms with Gasteiger partial charge >= 0.3 is 0 Å². The number of amides is 1. The average Bonchev–Trinajstić information content (AvgIpc) is 2.70. The molecule has 1 aliphatic heterocycles. The van der Waals surface area contributed by atoms with Crippen molar-refractivity contribution < 1.29 is 4.79 Å². The van der Waals surface area contributed by atoms with Gasteiger partial charge in [0.25, 0.3) is 0 Å². The Morgan fingerprint density at radius 3 is 2.67 bits per heavy atom. The molecule has 27 heavy (non-hydrogen) atoms. The molecule has 1 unspecified atom stereocenters. The number of nitrogens with one attached hydrogen (secondary N) is 1. The van der Waals surface area contributed by atoms with Gasteiger partial charge in [0.15, 0.2) is 0 Å². The summed E-state index contributed by atoms with van der Waals surface area (Å²) in [4.78, 5) is 15.1. The van der Waals surface area contributed by atoms with Crippen molar-refractivity contribution in [3.05, 3.63) is 75.9 Å². The van der Waals surface area contributed by atoms with Crippen molar-refractivity contribution >= 4 is 45.0 Å². The Labute approximate surface area is 173 Å². The first-order valence-electron chi connectivity index (χ1n) is 9.44. The third-order valence-electron chi connectivity index (χ3n) is 5.26. The fourth-order valence-electron chi connectivity index (χ4n) is 3.86. The van der Waals surface area contributed by atoms with Gasteiger partial charge < -0.3 is 5.32 Å². The van der Waals surface area contributed by atoms with Crippen molar-refractivity contribution in [2.75, 3.05) is 18.4 Å². The molecule has 0 saturated carbocycles. The van der Waals surface area contributed by atoms with Gasteiger partial charge in [-0.2, -0.15) is 0 Å². The van der Waals surface area contributed by atoms with E-state index < -0.39 is 0 Å². The third kappa shape index (κ3) is 4.50. The van der Waals surface area contributed by atoms with E-state index in [0.29, 0.717) is 0 Å². The lowest BCUT2D eigenvalue weighted by molar-refractivity contribution is -0.121. The highest BCUT2D eigenvalue weighted by Gasteiger charge is 2.26. The minimum absolute atomic E-state index is 0.0491. The van der Waals surface area contributed by atoms with Gasteiger partial charge in [-0.1, -0.05) is 42.5 Å². The minimum atomic E-state index is 0.0491. The third-order valence-corrected chi connectivity index (χ3v) is 5.98. The molecule has 0 radical (unpaired) electrons. The van der Waals surface area contributed by atoms with E-state index in [4.69, 9.17) is 0 Å². The Bertz CT molecular complexity index is 933. The number of hydrogen-bond acceptors (Lipinski definition) is 2. The summed E-state index contributed by atoms with van der Waals surface area (Å²) >= 11 is 2.27. The SMILES string of the molecule is O=C(Nc1ccc(I)cc1)C1CCCN(Cc2cccc3ccccc23)C1. The van der Waals surface area contributed by atoms with Crippen LogP contribution >= 0.6 is 22.6 Å². The molecule has 3 aromatic carbocycles. The van der Waals surface area contributed by atoms with Crippen molar-refractivity contribution in [1.82, 2.24) is 4.90 Å². The zero-order chi connectivity index (χ0) is 18.6. The van der Waals surface area contributed by atoms with E-state index in [1.165, 1.54) is 19.9 Å². The van der Waals surface area contributed by atoms with E-state index in [9.17, 15) is 4.79 Å². The van der Waals surface area contributed by atoms with Crippen LogP contribution in [0.5, 0.6) is 0 Å². The molecule has 0 aromatic heterocycles. The summed E-state index contributed by atoms with van der Waals surface area (Å²) in [6.07, 6.45) is 2.03. The fraction of sp³-hybridized carbons (Fsp3) is 0.261. The average molecular weight is 470 g/mol. The summed E-state index contributed by atoms with van der Waals surface area (Å²) in [5.41, 5.74) is 2.22. The van der Waals surface area contributed by atoms with Crippen LogP contribution in [0.25, 0.3) is 10.8 Å². The molecule has 0 spiro atoms. The molecule has 1 N–H and O–H groups in total. The normalized spacial score (nSPS) is 17.7. The first kappa shape index (κ1) is 18.4. The van der Waals surface area contributed by atoms with Gasteiger partial charge in [-0.15, -0.1) is 0 Å². The molecular weight excluding hydrogens is 447 g/mol. The van der Waals surface area contributed by atoms with Gasteiger partial charge in [-0.05, 0) is 82.6 Å². The second kappa shape index (κ2) is 8.40.